The second-order valence-electron chi connectivity index (χ2n) is 6.49. The Morgan fingerprint density at radius 2 is 2.08 bits per heavy atom. The van der Waals surface area contributed by atoms with Crippen LogP contribution in [-0.4, -0.2) is 27.1 Å². The van der Waals surface area contributed by atoms with Crippen LogP contribution in [-0.2, 0) is 24.5 Å². The van der Waals surface area contributed by atoms with Crippen molar-refractivity contribution in [1.29, 1.82) is 0 Å². The minimum absolute atomic E-state index is 0.0297. The van der Waals surface area contributed by atoms with Crippen molar-refractivity contribution in [2.45, 2.75) is 32.5 Å². The molecule has 0 N–H and O–H groups in total. The lowest BCUT2D eigenvalue weighted by Gasteiger charge is -2.28. The molecular formula is C20H20ClN3O2. The Morgan fingerprint density at radius 3 is 2.88 bits per heavy atom. The van der Waals surface area contributed by atoms with Gasteiger partial charge in [0.25, 0.3) is 5.91 Å². The summed E-state index contributed by atoms with van der Waals surface area (Å²) >= 11 is 6.08. The Labute approximate surface area is 157 Å². The number of carbonyl (C=O) groups excluding carboxylic acids is 1. The van der Waals surface area contributed by atoms with Crippen molar-refractivity contribution >= 4 is 17.5 Å². The topological polar surface area (TPSA) is 47.4 Å². The SMILES string of the molecule is O=C(C1=CCCC(Cl)=C1)N1CCn2nc(OCc3ccccc3)cc2C1. The maximum Gasteiger partial charge on any atom is 0.253 e. The van der Waals surface area contributed by atoms with Gasteiger partial charge < -0.3 is 9.64 Å². The first kappa shape index (κ1) is 16.9. The van der Waals surface area contributed by atoms with Gasteiger partial charge in [0.2, 0.25) is 5.88 Å². The second-order valence-corrected chi connectivity index (χ2v) is 6.97. The maximum absolute atomic E-state index is 12.7. The predicted molar refractivity (Wildman–Crippen MR) is 99.7 cm³/mol. The van der Waals surface area contributed by atoms with Gasteiger partial charge in [-0.3, -0.25) is 9.48 Å². The molecule has 2 aromatic rings. The van der Waals surface area contributed by atoms with Gasteiger partial charge in [-0.2, -0.15) is 0 Å². The molecule has 1 amide bonds. The molecule has 0 atom stereocenters. The smallest absolute Gasteiger partial charge is 0.253 e. The van der Waals surface area contributed by atoms with E-state index in [0.29, 0.717) is 37.7 Å². The van der Waals surface area contributed by atoms with Crippen molar-refractivity contribution in [2.75, 3.05) is 6.54 Å². The van der Waals surface area contributed by atoms with Gasteiger partial charge in [0.1, 0.15) is 6.61 Å². The number of fused-ring (bicyclic) bond motifs is 1. The summed E-state index contributed by atoms with van der Waals surface area (Å²) in [6.45, 7) is 2.31. The number of allylic oxidation sites excluding steroid dienone is 2. The molecule has 0 radical (unpaired) electrons. The van der Waals surface area contributed by atoms with Crippen LogP contribution in [0.15, 0.2) is 59.2 Å². The van der Waals surface area contributed by atoms with Crippen LogP contribution < -0.4 is 4.74 Å². The fourth-order valence-corrected chi connectivity index (χ4v) is 3.44. The number of nitrogens with zero attached hydrogens (tertiary/aromatic N) is 3. The zero-order chi connectivity index (χ0) is 17.9. The first-order valence-electron chi connectivity index (χ1n) is 8.78. The predicted octanol–water partition coefficient (Wildman–Crippen LogP) is 3.65. The summed E-state index contributed by atoms with van der Waals surface area (Å²) in [5.41, 5.74) is 2.78. The number of benzene rings is 1. The molecule has 5 nitrogen and oxygen atoms in total. The Morgan fingerprint density at radius 1 is 1.23 bits per heavy atom. The van der Waals surface area contributed by atoms with Crippen LogP contribution in [0.3, 0.4) is 0 Å². The van der Waals surface area contributed by atoms with Gasteiger partial charge in [-0.25, -0.2) is 0 Å². The average molecular weight is 370 g/mol. The van der Waals surface area contributed by atoms with Crippen LogP contribution >= 0.6 is 11.6 Å². The number of amides is 1. The molecule has 1 aromatic heterocycles. The van der Waals surface area contributed by atoms with Crippen molar-refractivity contribution in [3.05, 3.63) is 70.4 Å². The highest BCUT2D eigenvalue weighted by Crippen LogP contribution is 2.24. The van der Waals surface area contributed by atoms with E-state index in [1.807, 2.05) is 52.1 Å². The van der Waals surface area contributed by atoms with Crippen LogP contribution in [0.25, 0.3) is 0 Å². The molecule has 0 spiro atoms. The Balaban J connectivity index is 1.42. The normalized spacial score (nSPS) is 16.6. The molecule has 26 heavy (non-hydrogen) atoms. The van der Waals surface area contributed by atoms with E-state index >= 15 is 0 Å². The largest absolute Gasteiger partial charge is 0.472 e. The molecule has 1 aliphatic heterocycles. The van der Waals surface area contributed by atoms with Crippen LogP contribution in [0, 0.1) is 0 Å². The lowest BCUT2D eigenvalue weighted by Crippen LogP contribution is -2.39. The second kappa shape index (κ2) is 7.38. The first-order valence-corrected chi connectivity index (χ1v) is 9.16. The lowest BCUT2D eigenvalue weighted by atomic mass is 10.1. The van der Waals surface area contributed by atoms with Crippen molar-refractivity contribution < 1.29 is 9.53 Å². The van der Waals surface area contributed by atoms with Gasteiger partial charge in [-0.05, 0) is 24.5 Å². The summed E-state index contributed by atoms with van der Waals surface area (Å²) in [6, 6.07) is 11.9. The summed E-state index contributed by atoms with van der Waals surface area (Å²) in [5, 5.41) is 5.24. The number of halogens is 1. The van der Waals surface area contributed by atoms with Gasteiger partial charge in [0.05, 0.1) is 18.8 Å². The molecule has 0 saturated carbocycles. The molecule has 0 fully saturated rings. The van der Waals surface area contributed by atoms with Crippen LogP contribution in [0.2, 0.25) is 0 Å². The molecule has 0 bridgehead atoms. The van der Waals surface area contributed by atoms with E-state index in [1.165, 1.54) is 0 Å². The third-order valence-corrected chi connectivity index (χ3v) is 4.90. The van der Waals surface area contributed by atoms with E-state index in [9.17, 15) is 4.79 Å². The number of hydrogen-bond acceptors (Lipinski definition) is 3. The molecular weight excluding hydrogens is 350 g/mol. The highest BCUT2D eigenvalue weighted by molar-refractivity contribution is 6.30. The summed E-state index contributed by atoms with van der Waals surface area (Å²) in [5.74, 6) is 0.625. The number of rotatable bonds is 4. The highest BCUT2D eigenvalue weighted by Gasteiger charge is 2.25. The third kappa shape index (κ3) is 3.68. The highest BCUT2D eigenvalue weighted by atomic mass is 35.5. The zero-order valence-corrected chi connectivity index (χ0v) is 15.2. The Bertz CT molecular complexity index is 870. The van der Waals surface area contributed by atoms with Crippen LogP contribution in [0.5, 0.6) is 5.88 Å². The first-order chi connectivity index (χ1) is 12.7. The summed E-state index contributed by atoms with van der Waals surface area (Å²) in [6.07, 6.45) is 5.38. The summed E-state index contributed by atoms with van der Waals surface area (Å²) in [4.78, 5) is 14.6. The maximum atomic E-state index is 12.7. The minimum Gasteiger partial charge on any atom is -0.472 e. The van der Waals surface area contributed by atoms with Crippen molar-refractivity contribution in [1.82, 2.24) is 14.7 Å². The van der Waals surface area contributed by atoms with E-state index in [4.69, 9.17) is 16.3 Å². The van der Waals surface area contributed by atoms with Crippen molar-refractivity contribution in [2.24, 2.45) is 0 Å². The Hall–Kier alpha value is -2.53. The van der Waals surface area contributed by atoms with Gasteiger partial charge in [0.15, 0.2) is 0 Å². The van der Waals surface area contributed by atoms with E-state index in [0.717, 1.165) is 29.1 Å². The molecule has 2 aliphatic rings. The molecule has 4 rings (SSSR count). The summed E-state index contributed by atoms with van der Waals surface area (Å²) in [7, 11) is 0. The Kier molecular flexibility index (Phi) is 4.80. The van der Waals surface area contributed by atoms with Gasteiger partial charge >= 0.3 is 0 Å². The van der Waals surface area contributed by atoms with Crippen molar-refractivity contribution in [3.63, 3.8) is 0 Å². The molecule has 134 valence electrons. The molecule has 0 saturated heterocycles. The van der Waals surface area contributed by atoms with E-state index in [-0.39, 0.29) is 5.91 Å². The molecule has 6 heteroatoms. The summed E-state index contributed by atoms with van der Waals surface area (Å²) < 4.78 is 7.72. The van der Waals surface area contributed by atoms with E-state index < -0.39 is 0 Å². The van der Waals surface area contributed by atoms with Gasteiger partial charge in [0, 0.05) is 23.2 Å². The zero-order valence-electron chi connectivity index (χ0n) is 14.4. The van der Waals surface area contributed by atoms with Gasteiger partial charge in [-0.1, -0.05) is 48.0 Å². The number of carbonyl (C=O) groups is 1. The number of ether oxygens (including phenoxy) is 1. The van der Waals surface area contributed by atoms with E-state index in [1.54, 1.807) is 6.08 Å². The molecule has 1 aromatic carbocycles. The standard InChI is InChI=1S/C20H20ClN3O2/c21-17-8-4-7-16(11-17)20(25)23-9-10-24-18(13-23)12-19(22-24)26-14-15-5-2-1-3-6-15/h1-3,5-7,11-12H,4,8-10,13-14H2. The quantitative estimate of drug-likeness (QED) is 0.826. The minimum atomic E-state index is 0.0297. The number of aromatic nitrogens is 2. The van der Waals surface area contributed by atoms with Crippen LogP contribution in [0.1, 0.15) is 24.1 Å². The number of hydrogen-bond donors (Lipinski definition) is 0. The van der Waals surface area contributed by atoms with E-state index in [2.05, 4.69) is 5.10 Å². The molecule has 0 unspecified atom stereocenters. The average Bonchev–Trinajstić information content (AvgIpc) is 3.08. The fourth-order valence-electron chi connectivity index (χ4n) is 3.21. The lowest BCUT2D eigenvalue weighted by molar-refractivity contribution is -0.128. The fraction of sp³-hybridized carbons (Fsp3) is 0.300. The van der Waals surface area contributed by atoms with Crippen LogP contribution in [0.4, 0.5) is 0 Å². The van der Waals surface area contributed by atoms with Gasteiger partial charge in [-0.15, -0.1) is 5.10 Å². The molecule has 2 heterocycles. The monoisotopic (exact) mass is 369 g/mol. The van der Waals surface area contributed by atoms with Crippen molar-refractivity contribution in [3.8, 4) is 5.88 Å². The third-order valence-electron chi connectivity index (χ3n) is 4.60. The molecule has 1 aliphatic carbocycles.